The Hall–Kier alpha value is -3.71. The fraction of sp³-hybridized carbons (Fsp3) is 0.276. The minimum atomic E-state index is -4.05. The molecule has 13 heteroatoms. The van der Waals surface area contributed by atoms with Gasteiger partial charge in [0.15, 0.2) is 27.3 Å². The zero-order valence-corrected chi connectivity index (χ0v) is 23.4. The van der Waals surface area contributed by atoms with Crippen molar-refractivity contribution < 1.29 is 32.2 Å². The molecule has 0 saturated heterocycles. The Morgan fingerprint density at radius 1 is 1.05 bits per heavy atom. The van der Waals surface area contributed by atoms with Crippen molar-refractivity contribution in [2.75, 3.05) is 5.32 Å². The van der Waals surface area contributed by atoms with E-state index in [1.807, 2.05) is 0 Å². The van der Waals surface area contributed by atoms with Crippen molar-refractivity contribution in [1.82, 2.24) is 14.8 Å². The second-order valence-corrected chi connectivity index (χ2v) is 13.3. The number of nitrogens with one attached hydrogen (secondary N) is 1. The predicted molar refractivity (Wildman–Crippen MR) is 149 cm³/mol. The molecule has 2 aromatic heterocycles. The zero-order valence-electron chi connectivity index (χ0n) is 21.9. The van der Waals surface area contributed by atoms with Gasteiger partial charge in [-0.3, -0.25) is 4.79 Å². The molecule has 3 saturated carbocycles. The zero-order chi connectivity index (χ0) is 29.8. The normalized spacial score (nSPS) is 24.1. The number of halogens is 3. The van der Waals surface area contributed by atoms with Crippen LogP contribution in [0.15, 0.2) is 78.0 Å². The molecule has 0 radical (unpaired) electrons. The van der Waals surface area contributed by atoms with Gasteiger partial charge in [-0.05, 0) is 79.6 Å². The fourth-order valence-corrected chi connectivity index (χ4v) is 8.48. The first-order valence-electron chi connectivity index (χ1n) is 13.2. The van der Waals surface area contributed by atoms with Crippen molar-refractivity contribution in [2.24, 2.45) is 11.8 Å². The van der Waals surface area contributed by atoms with Crippen LogP contribution in [0.25, 0.3) is 5.82 Å². The molecule has 3 atom stereocenters. The van der Waals surface area contributed by atoms with Gasteiger partial charge in [-0.25, -0.2) is 26.9 Å². The number of amides is 1. The first-order valence-corrected chi connectivity index (χ1v) is 15.1. The van der Waals surface area contributed by atoms with Crippen LogP contribution >= 0.6 is 11.6 Å². The maximum atomic E-state index is 13.7. The number of hydrogen-bond donors (Lipinski definition) is 3. The lowest BCUT2D eigenvalue weighted by molar-refractivity contribution is -0.234. The monoisotopic (exact) mass is 614 g/mol. The highest BCUT2D eigenvalue weighted by Gasteiger charge is 2.63. The molecule has 2 aromatic carbocycles. The number of anilines is 1. The first-order chi connectivity index (χ1) is 20.0. The smallest absolute Gasteiger partial charge is 0.255 e. The van der Waals surface area contributed by atoms with E-state index in [4.69, 9.17) is 11.6 Å². The summed E-state index contributed by atoms with van der Waals surface area (Å²) in [5, 5.41) is 28.4. The van der Waals surface area contributed by atoms with Crippen LogP contribution in [0.5, 0.6) is 0 Å². The second-order valence-electron chi connectivity index (χ2n) is 10.7. The van der Waals surface area contributed by atoms with Crippen LogP contribution in [0.4, 0.5) is 14.5 Å². The topological polar surface area (TPSA) is 134 Å². The van der Waals surface area contributed by atoms with Gasteiger partial charge in [0.05, 0.1) is 20.9 Å². The molecule has 218 valence electrons. The number of aliphatic hydroxyl groups excluding tert-OH is 1. The Balaban J connectivity index is 1.20. The van der Waals surface area contributed by atoms with Crippen molar-refractivity contribution in [1.29, 1.82) is 0 Å². The van der Waals surface area contributed by atoms with Crippen molar-refractivity contribution >= 4 is 33.0 Å². The van der Waals surface area contributed by atoms with Crippen LogP contribution in [0.2, 0.25) is 5.02 Å². The Labute approximate surface area is 244 Å². The molecule has 2 heterocycles. The van der Waals surface area contributed by atoms with Crippen LogP contribution in [-0.4, -0.2) is 50.2 Å². The third-order valence-electron chi connectivity index (χ3n) is 8.30. The maximum absolute atomic E-state index is 13.7. The van der Waals surface area contributed by atoms with Crippen molar-refractivity contribution in [2.45, 2.75) is 41.1 Å². The number of benzene rings is 2. The van der Waals surface area contributed by atoms with Crippen LogP contribution in [-0.2, 0) is 9.84 Å². The fourth-order valence-electron chi connectivity index (χ4n) is 6.07. The molecule has 4 aromatic rings. The molecule has 3 fully saturated rings. The highest BCUT2D eigenvalue weighted by atomic mass is 35.5. The number of hydrogen-bond acceptors (Lipinski definition) is 7. The number of aromatic nitrogens is 3. The Bertz CT molecular complexity index is 1770. The largest absolute Gasteiger partial charge is 0.386 e. The lowest BCUT2D eigenvalue weighted by atomic mass is 9.51. The summed E-state index contributed by atoms with van der Waals surface area (Å²) in [7, 11) is -4.05. The van der Waals surface area contributed by atoms with Crippen LogP contribution in [0.1, 0.15) is 41.4 Å². The molecule has 3 aliphatic carbocycles. The lowest BCUT2D eigenvalue weighted by Gasteiger charge is -2.59. The summed E-state index contributed by atoms with van der Waals surface area (Å²) in [5.74, 6) is -3.51. The number of carbonyl (C=O) groups is 1. The van der Waals surface area contributed by atoms with Crippen molar-refractivity contribution in [3.63, 3.8) is 0 Å². The molecular formula is C29H25ClF2N4O5S. The molecule has 9 nitrogen and oxygen atoms in total. The molecule has 3 N–H and O–H groups in total. The van der Waals surface area contributed by atoms with E-state index in [0.29, 0.717) is 12.2 Å². The van der Waals surface area contributed by atoms with Gasteiger partial charge < -0.3 is 15.5 Å². The van der Waals surface area contributed by atoms with Gasteiger partial charge in [0.2, 0.25) is 0 Å². The second kappa shape index (κ2) is 10.5. The molecule has 2 bridgehead atoms. The van der Waals surface area contributed by atoms with Crippen molar-refractivity contribution in [3.8, 4) is 5.82 Å². The standard InChI is InChI=1S/C29H25ClF2N4O5S/c30-21-7-5-16(28(38)34-19-6-8-22(31)23(32)15-19)11-25(21)42(40,41)20-13-17-12-18(14-20)29(17,39)27(37)24-3-1-4-26(35-24)36-10-2-9-33-36/h1-11,15,17-18,20,27,37,39H,12-14H2,(H,34,38). The van der Waals surface area contributed by atoms with E-state index in [9.17, 15) is 32.2 Å². The van der Waals surface area contributed by atoms with E-state index in [-0.39, 0.29) is 39.7 Å². The summed E-state index contributed by atoms with van der Waals surface area (Å²) in [6, 6.07) is 13.4. The summed E-state index contributed by atoms with van der Waals surface area (Å²) in [6.07, 6.45) is 2.65. The van der Waals surface area contributed by atoms with Gasteiger partial charge in [0.25, 0.3) is 5.91 Å². The Morgan fingerprint density at radius 2 is 1.81 bits per heavy atom. The van der Waals surface area contributed by atoms with E-state index >= 15 is 0 Å². The van der Waals surface area contributed by atoms with Crippen LogP contribution in [0, 0.1) is 23.5 Å². The molecule has 0 spiro atoms. The van der Waals surface area contributed by atoms with E-state index in [0.717, 1.165) is 18.2 Å². The molecular weight excluding hydrogens is 590 g/mol. The number of rotatable bonds is 7. The van der Waals surface area contributed by atoms with Gasteiger partial charge >= 0.3 is 0 Å². The maximum Gasteiger partial charge on any atom is 0.255 e. The minimum absolute atomic E-state index is 0.00637. The van der Waals surface area contributed by atoms with Gasteiger partial charge in [-0.2, -0.15) is 5.10 Å². The number of aliphatic hydroxyl groups is 2. The average Bonchev–Trinajstić information content (AvgIpc) is 3.54. The lowest BCUT2D eigenvalue weighted by Crippen LogP contribution is -2.64. The van der Waals surface area contributed by atoms with Gasteiger partial charge in [-0.15, -0.1) is 0 Å². The van der Waals surface area contributed by atoms with Crippen LogP contribution < -0.4 is 5.32 Å². The SMILES string of the molecule is O=C(Nc1ccc(F)c(F)c1)c1ccc(Cl)c(S(=O)(=O)C2CC3CC(C2)C3(O)C(O)c2cccc(-n3cccn3)n2)c1. The first kappa shape index (κ1) is 28.4. The summed E-state index contributed by atoms with van der Waals surface area (Å²) in [6.45, 7) is 0. The minimum Gasteiger partial charge on any atom is -0.386 e. The summed E-state index contributed by atoms with van der Waals surface area (Å²) in [4.78, 5) is 17.0. The quantitative estimate of drug-likeness (QED) is 0.279. The number of carbonyl (C=O) groups excluding carboxylic acids is 1. The number of nitrogens with zero attached hydrogens (tertiary/aromatic N) is 3. The van der Waals surface area contributed by atoms with Crippen LogP contribution in [0.3, 0.4) is 0 Å². The van der Waals surface area contributed by atoms with Gasteiger partial charge in [0, 0.05) is 29.7 Å². The summed E-state index contributed by atoms with van der Waals surface area (Å²) >= 11 is 6.29. The van der Waals surface area contributed by atoms with E-state index < -0.39 is 56.2 Å². The number of pyridine rings is 1. The highest BCUT2D eigenvalue weighted by molar-refractivity contribution is 7.92. The van der Waals surface area contributed by atoms with E-state index in [2.05, 4.69) is 15.4 Å². The van der Waals surface area contributed by atoms with Gasteiger partial charge in [-0.1, -0.05) is 17.7 Å². The molecule has 0 aliphatic heterocycles. The predicted octanol–water partition coefficient (Wildman–Crippen LogP) is 4.49. The third-order valence-corrected chi connectivity index (χ3v) is 11.0. The Morgan fingerprint density at radius 3 is 2.50 bits per heavy atom. The summed E-state index contributed by atoms with van der Waals surface area (Å²) < 4.78 is 55.8. The molecule has 1 amide bonds. The van der Waals surface area contributed by atoms with Gasteiger partial charge in [0.1, 0.15) is 11.7 Å². The molecule has 42 heavy (non-hydrogen) atoms. The number of sulfone groups is 1. The summed E-state index contributed by atoms with van der Waals surface area (Å²) in [5.41, 5.74) is -1.35. The third kappa shape index (κ3) is 4.77. The van der Waals surface area contributed by atoms with E-state index in [1.54, 1.807) is 36.7 Å². The highest BCUT2D eigenvalue weighted by Crippen LogP contribution is 2.60. The number of fused-ring (bicyclic) bond motifs is 2. The van der Waals surface area contributed by atoms with Crippen molar-refractivity contribution in [3.05, 3.63) is 101 Å². The Kier molecular flexibility index (Phi) is 7.12. The van der Waals surface area contributed by atoms with E-state index in [1.165, 1.54) is 22.9 Å². The molecule has 3 aliphatic rings. The average molecular weight is 615 g/mol. The molecule has 3 unspecified atom stereocenters. The molecule has 7 rings (SSSR count).